The summed E-state index contributed by atoms with van der Waals surface area (Å²) in [6, 6.07) is 14.3. The minimum Gasteiger partial charge on any atom is -0.505 e. The summed E-state index contributed by atoms with van der Waals surface area (Å²) in [5, 5.41) is 21.5. The van der Waals surface area contributed by atoms with Crippen LogP contribution in [0.1, 0.15) is 6.92 Å². The lowest BCUT2D eigenvalue weighted by Gasteiger charge is -2.12. The molecule has 0 aliphatic heterocycles. The number of phenols is 1. The van der Waals surface area contributed by atoms with Gasteiger partial charge in [-0.05, 0) is 29.7 Å². The maximum absolute atomic E-state index is 11.8. The van der Waals surface area contributed by atoms with Gasteiger partial charge in [0.1, 0.15) is 10.6 Å². The lowest BCUT2D eigenvalue weighted by molar-refractivity contribution is -0.114. The predicted octanol–water partition coefficient (Wildman–Crippen LogP) is 4.17. The first-order chi connectivity index (χ1) is 12.8. The number of benzene rings is 3. The molecule has 0 bridgehead atoms. The van der Waals surface area contributed by atoms with Crippen molar-refractivity contribution in [3.05, 3.63) is 54.6 Å². The molecular formula is C18H15N3O5S. The summed E-state index contributed by atoms with van der Waals surface area (Å²) in [5.74, 6) is -0.891. The Kier molecular flexibility index (Phi) is 4.89. The third-order valence-electron chi connectivity index (χ3n) is 3.69. The van der Waals surface area contributed by atoms with Gasteiger partial charge in [0, 0.05) is 12.3 Å². The molecule has 0 unspecified atom stereocenters. The number of fused-ring (bicyclic) bond motifs is 1. The molecular weight excluding hydrogens is 370 g/mol. The number of phenolic OH excluding ortho intramolecular Hbond substituents is 1. The molecule has 9 heteroatoms. The number of hydrogen-bond donors (Lipinski definition) is 3. The predicted molar refractivity (Wildman–Crippen MR) is 100 cm³/mol. The highest BCUT2D eigenvalue weighted by atomic mass is 32.2. The van der Waals surface area contributed by atoms with E-state index in [1.165, 1.54) is 13.0 Å². The Bertz CT molecular complexity index is 1160. The van der Waals surface area contributed by atoms with Crippen LogP contribution in [0.2, 0.25) is 0 Å². The van der Waals surface area contributed by atoms with Crippen LogP contribution >= 0.6 is 0 Å². The van der Waals surface area contributed by atoms with Crippen LogP contribution in [-0.4, -0.2) is 24.0 Å². The highest BCUT2D eigenvalue weighted by Crippen LogP contribution is 2.44. The Morgan fingerprint density at radius 1 is 1.04 bits per heavy atom. The monoisotopic (exact) mass is 385 g/mol. The van der Waals surface area contributed by atoms with E-state index in [2.05, 4.69) is 15.5 Å². The van der Waals surface area contributed by atoms with Crippen molar-refractivity contribution < 1.29 is 22.9 Å². The fraction of sp³-hybridized carbons (Fsp3) is 0.0556. The minimum atomic E-state index is -4.69. The molecule has 0 spiro atoms. The van der Waals surface area contributed by atoms with Crippen LogP contribution in [0.4, 0.5) is 17.1 Å². The fourth-order valence-corrected chi connectivity index (χ4v) is 3.25. The lowest BCUT2D eigenvalue weighted by Crippen LogP contribution is -2.06. The number of carbonyl (C=O) groups excluding carboxylic acids is 1. The van der Waals surface area contributed by atoms with Crippen LogP contribution in [0.5, 0.6) is 5.75 Å². The first-order valence-corrected chi connectivity index (χ1v) is 9.22. The molecule has 1 amide bonds. The van der Waals surface area contributed by atoms with Gasteiger partial charge in [0.25, 0.3) is 10.1 Å². The highest BCUT2D eigenvalue weighted by molar-refractivity contribution is 7.86. The van der Waals surface area contributed by atoms with Crippen molar-refractivity contribution in [3.8, 4) is 5.75 Å². The Labute approximate surface area is 154 Å². The van der Waals surface area contributed by atoms with Crippen molar-refractivity contribution >= 4 is 43.9 Å². The number of aromatic hydroxyl groups is 1. The molecule has 0 heterocycles. The van der Waals surface area contributed by atoms with Crippen LogP contribution in [0.25, 0.3) is 10.8 Å². The number of amides is 1. The van der Waals surface area contributed by atoms with Crippen molar-refractivity contribution in [3.63, 3.8) is 0 Å². The molecule has 3 aromatic rings. The van der Waals surface area contributed by atoms with E-state index in [4.69, 9.17) is 0 Å². The van der Waals surface area contributed by atoms with E-state index in [1.54, 1.807) is 42.5 Å². The number of hydrogen-bond acceptors (Lipinski definition) is 6. The zero-order chi connectivity index (χ0) is 19.6. The summed E-state index contributed by atoms with van der Waals surface area (Å²) in [4.78, 5) is 10.8. The highest BCUT2D eigenvalue weighted by Gasteiger charge is 2.23. The van der Waals surface area contributed by atoms with Crippen LogP contribution in [0.15, 0.2) is 69.7 Å². The van der Waals surface area contributed by atoms with Crippen LogP contribution in [-0.2, 0) is 14.9 Å². The first-order valence-electron chi connectivity index (χ1n) is 7.78. The minimum absolute atomic E-state index is 0.183. The summed E-state index contributed by atoms with van der Waals surface area (Å²) in [5.41, 5.74) is 0.274. The van der Waals surface area contributed by atoms with E-state index >= 15 is 0 Å². The SMILES string of the molecule is CC(=O)Nc1cccc2cc(S(=O)(=O)O)c(N=Nc3ccccc3)c(O)c12. The van der Waals surface area contributed by atoms with Crippen molar-refractivity contribution in [2.75, 3.05) is 5.32 Å². The zero-order valence-corrected chi connectivity index (χ0v) is 14.9. The molecule has 3 aromatic carbocycles. The summed E-state index contributed by atoms with van der Waals surface area (Å²) >= 11 is 0. The van der Waals surface area contributed by atoms with Gasteiger partial charge >= 0.3 is 0 Å². The van der Waals surface area contributed by atoms with Gasteiger partial charge < -0.3 is 10.4 Å². The topological polar surface area (TPSA) is 128 Å². The normalized spacial score (nSPS) is 11.8. The second kappa shape index (κ2) is 7.14. The molecule has 0 aliphatic carbocycles. The fourth-order valence-electron chi connectivity index (χ4n) is 2.59. The smallest absolute Gasteiger partial charge is 0.296 e. The molecule has 138 valence electrons. The van der Waals surface area contributed by atoms with E-state index in [9.17, 15) is 22.9 Å². The van der Waals surface area contributed by atoms with Crippen molar-refractivity contribution in [2.24, 2.45) is 10.2 Å². The second-order valence-electron chi connectivity index (χ2n) is 5.67. The molecule has 3 rings (SSSR count). The molecule has 3 N–H and O–H groups in total. The van der Waals surface area contributed by atoms with Gasteiger partial charge in [0.2, 0.25) is 5.91 Å². The van der Waals surface area contributed by atoms with Gasteiger partial charge in [0.15, 0.2) is 5.75 Å². The zero-order valence-electron chi connectivity index (χ0n) is 14.1. The molecule has 0 aliphatic rings. The molecule has 0 saturated carbocycles. The Balaban J connectivity index is 2.30. The third kappa shape index (κ3) is 3.94. The Morgan fingerprint density at radius 3 is 2.37 bits per heavy atom. The average Bonchev–Trinajstić information content (AvgIpc) is 2.60. The first kappa shape index (κ1) is 18.5. The number of anilines is 1. The molecule has 0 fully saturated rings. The number of azo groups is 1. The Morgan fingerprint density at radius 2 is 1.74 bits per heavy atom. The van der Waals surface area contributed by atoms with Gasteiger partial charge in [-0.15, -0.1) is 5.11 Å². The van der Waals surface area contributed by atoms with Crippen molar-refractivity contribution in [1.29, 1.82) is 0 Å². The van der Waals surface area contributed by atoms with Crippen molar-refractivity contribution in [1.82, 2.24) is 0 Å². The maximum Gasteiger partial charge on any atom is 0.296 e. The third-order valence-corrected chi connectivity index (χ3v) is 4.56. The van der Waals surface area contributed by atoms with Gasteiger partial charge in [-0.25, -0.2) is 0 Å². The summed E-state index contributed by atoms with van der Waals surface area (Å²) in [6.45, 7) is 1.30. The average molecular weight is 385 g/mol. The van der Waals surface area contributed by atoms with E-state index in [0.29, 0.717) is 11.1 Å². The quantitative estimate of drug-likeness (QED) is 0.459. The maximum atomic E-state index is 11.8. The number of rotatable bonds is 4. The second-order valence-corrected chi connectivity index (χ2v) is 7.06. The largest absolute Gasteiger partial charge is 0.505 e. The van der Waals surface area contributed by atoms with Gasteiger partial charge in [-0.1, -0.05) is 30.3 Å². The number of carbonyl (C=O) groups is 1. The summed E-state index contributed by atoms with van der Waals surface area (Å²) in [6.07, 6.45) is 0. The van der Waals surface area contributed by atoms with E-state index in [1.807, 2.05) is 0 Å². The Hall–Kier alpha value is -3.30. The van der Waals surface area contributed by atoms with Crippen LogP contribution in [0.3, 0.4) is 0 Å². The van der Waals surface area contributed by atoms with Crippen LogP contribution in [0, 0.1) is 0 Å². The van der Waals surface area contributed by atoms with Crippen LogP contribution < -0.4 is 5.32 Å². The summed E-state index contributed by atoms with van der Waals surface area (Å²) < 4.78 is 33.1. The van der Waals surface area contributed by atoms with E-state index < -0.39 is 26.5 Å². The number of nitrogens with zero attached hydrogens (tertiary/aromatic N) is 2. The standard InChI is InChI=1S/C18H15N3O5S/c1-11(22)19-14-9-5-6-12-10-15(27(24,25)26)17(18(23)16(12)14)21-20-13-7-3-2-4-8-13/h2-10,23H,1H3,(H,19,22)(H,24,25,26). The van der Waals surface area contributed by atoms with Gasteiger partial charge in [-0.3, -0.25) is 9.35 Å². The number of nitrogens with one attached hydrogen (secondary N) is 1. The molecule has 0 aromatic heterocycles. The van der Waals surface area contributed by atoms with E-state index in [-0.39, 0.29) is 17.0 Å². The molecule has 0 atom stereocenters. The molecule has 0 saturated heterocycles. The van der Waals surface area contributed by atoms with Gasteiger partial charge in [-0.2, -0.15) is 13.5 Å². The lowest BCUT2D eigenvalue weighted by atomic mass is 10.1. The van der Waals surface area contributed by atoms with E-state index in [0.717, 1.165) is 6.07 Å². The molecule has 0 radical (unpaired) electrons. The summed E-state index contributed by atoms with van der Waals surface area (Å²) in [7, 11) is -4.69. The van der Waals surface area contributed by atoms with Crippen molar-refractivity contribution in [2.45, 2.75) is 11.8 Å². The molecule has 8 nitrogen and oxygen atoms in total. The molecule has 27 heavy (non-hydrogen) atoms. The van der Waals surface area contributed by atoms with Gasteiger partial charge in [0.05, 0.1) is 11.4 Å².